The Morgan fingerprint density at radius 3 is 2.60 bits per heavy atom. The predicted octanol–water partition coefficient (Wildman–Crippen LogP) is 3.67. The number of aromatic nitrogens is 4. The molecule has 1 aliphatic heterocycles. The highest BCUT2D eigenvalue weighted by molar-refractivity contribution is 7.99. The van der Waals surface area contributed by atoms with E-state index in [1.54, 1.807) is 7.11 Å². The first-order valence-corrected chi connectivity index (χ1v) is 10.9. The molecule has 30 heavy (non-hydrogen) atoms. The summed E-state index contributed by atoms with van der Waals surface area (Å²) in [5.74, 6) is 2.02. The molecule has 0 aliphatic carbocycles. The zero-order valence-electron chi connectivity index (χ0n) is 16.6. The Morgan fingerprint density at radius 2 is 1.83 bits per heavy atom. The summed E-state index contributed by atoms with van der Waals surface area (Å²) < 4.78 is 7.24. The summed E-state index contributed by atoms with van der Waals surface area (Å²) in [5, 5.41) is 10.4. The molecule has 0 N–H and O–H groups in total. The highest BCUT2D eigenvalue weighted by atomic mass is 32.2. The number of fused-ring (bicyclic) bond motifs is 3. The van der Waals surface area contributed by atoms with Crippen molar-refractivity contribution in [2.24, 2.45) is 0 Å². The molecule has 152 valence electrons. The number of likely N-dealkylation sites (tertiary alicyclic amines) is 1. The molecule has 0 unspecified atom stereocenters. The first-order chi connectivity index (χ1) is 14.7. The number of hydrogen-bond acceptors (Lipinski definition) is 6. The van der Waals surface area contributed by atoms with E-state index in [0.29, 0.717) is 10.9 Å². The summed E-state index contributed by atoms with van der Waals surface area (Å²) in [4.78, 5) is 19.4. The fourth-order valence-corrected chi connectivity index (χ4v) is 4.61. The molecule has 5 rings (SSSR count). The average molecular weight is 420 g/mol. The van der Waals surface area contributed by atoms with Gasteiger partial charge in [-0.05, 0) is 49.2 Å². The van der Waals surface area contributed by atoms with Gasteiger partial charge in [-0.25, -0.2) is 4.98 Å². The molecule has 1 amide bonds. The number of nitrogens with zero attached hydrogens (tertiary/aromatic N) is 5. The van der Waals surface area contributed by atoms with Gasteiger partial charge in [0.15, 0.2) is 10.8 Å². The molecule has 1 fully saturated rings. The van der Waals surface area contributed by atoms with Gasteiger partial charge in [-0.15, -0.1) is 10.2 Å². The van der Waals surface area contributed by atoms with Crippen LogP contribution in [0.5, 0.6) is 5.75 Å². The Kier molecular flexibility index (Phi) is 5.00. The number of rotatable bonds is 5. The SMILES string of the molecule is COc1ccc(-c2nc3ccccc3c3nnc(SCC(=O)N4CCCC4)n23)cc1. The number of carbonyl (C=O) groups is 1. The van der Waals surface area contributed by atoms with Crippen molar-refractivity contribution in [1.82, 2.24) is 24.5 Å². The van der Waals surface area contributed by atoms with Crippen LogP contribution in [0.25, 0.3) is 27.9 Å². The van der Waals surface area contributed by atoms with Crippen molar-refractivity contribution in [3.05, 3.63) is 48.5 Å². The quantitative estimate of drug-likeness (QED) is 0.460. The normalized spacial score (nSPS) is 14.0. The molecule has 0 radical (unpaired) electrons. The summed E-state index contributed by atoms with van der Waals surface area (Å²) in [6.45, 7) is 1.70. The third kappa shape index (κ3) is 3.37. The van der Waals surface area contributed by atoms with Crippen molar-refractivity contribution in [1.29, 1.82) is 0 Å². The summed E-state index contributed by atoms with van der Waals surface area (Å²) in [5.41, 5.74) is 2.52. The molecule has 1 aliphatic rings. The maximum absolute atomic E-state index is 12.5. The zero-order valence-corrected chi connectivity index (χ0v) is 17.4. The summed E-state index contributed by atoms with van der Waals surface area (Å²) >= 11 is 1.41. The van der Waals surface area contributed by atoms with Crippen molar-refractivity contribution in [3.8, 4) is 17.1 Å². The van der Waals surface area contributed by atoms with E-state index in [1.807, 2.05) is 57.8 Å². The second-order valence-corrected chi connectivity index (χ2v) is 8.14. The molecule has 0 atom stereocenters. The number of thioether (sulfide) groups is 1. The number of hydrogen-bond donors (Lipinski definition) is 0. The first-order valence-electron chi connectivity index (χ1n) is 9.93. The fourth-order valence-electron chi connectivity index (χ4n) is 3.77. The number of ether oxygens (including phenoxy) is 1. The summed E-state index contributed by atoms with van der Waals surface area (Å²) in [6, 6.07) is 15.7. The van der Waals surface area contributed by atoms with Crippen LogP contribution in [0, 0.1) is 0 Å². The van der Waals surface area contributed by atoms with Crippen LogP contribution < -0.4 is 4.74 Å². The fraction of sp³-hybridized carbons (Fsp3) is 0.273. The molecule has 0 bridgehead atoms. The Morgan fingerprint density at radius 1 is 1.07 bits per heavy atom. The number of amides is 1. The van der Waals surface area contributed by atoms with Crippen molar-refractivity contribution in [3.63, 3.8) is 0 Å². The van der Waals surface area contributed by atoms with Crippen LogP contribution in [0.3, 0.4) is 0 Å². The monoisotopic (exact) mass is 419 g/mol. The highest BCUT2D eigenvalue weighted by Gasteiger charge is 2.21. The smallest absolute Gasteiger partial charge is 0.233 e. The van der Waals surface area contributed by atoms with E-state index < -0.39 is 0 Å². The average Bonchev–Trinajstić information content (AvgIpc) is 3.48. The number of benzene rings is 2. The van der Waals surface area contributed by atoms with Gasteiger partial charge in [0.1, 0.15) is 11.6 Å². The second kappa shape index (κ2) is 7.95. The molecular weight excluding hydrogens is 398 g/mol. The van der Waals surface area contributed by atoms with E-state index in [9.17, 15) is 4.79 Å². The van der Waals surface area contributed by atoms with E-state index in [2.05, 4.69) is 10.2 Å². The number of para-hydroxylation sites is 1. The van der Waals surface area contributed by atoms with E-state index in [4.69, 9.17) is 9.72 Å². The van der Waals surface area contributed by atoms with Gasteiger partial charge in [0.2, 0.25) is 5.91 Å². The zero-order chi connectivity index (χ0) is 20.5. The number of methoxy groups -OCH3 is 1. The molecule has 1 saturated heterocycles. The molecule has 2 aromatic heterocycles. The van der Waals surface area contributed by atoms with Crippen molar-refractivity contribution >= 4 is 34.2 Å². The maximum atomic E-state index is 12.5. The van der Waals surface area contributed by atoms with Crippen molar-refractivity contribution in [2.45, 2.75) is 18.0 Å². The van der Waals surface area contributed by atoms with Gasteiger partial charge in [-0.2, -0.15) is 0 Å². The van der Waals surface area contributed by atoms with Gasteiger partial charge in [0, 0.05) is 24.0 Å². The van der Waals surface area contributed by atoms with Crippen LogP contribution in [0.2, 0.25) is 0 Å². The van der Waals surface area contributed by atoms with E-state index in [1.165, 1.54) is 11.8 Å². The molecule has 0 spiro atoms. The van der Waals surface area contributed by atoms with Gasteiger partial charge in [-0.1, -0.05) is 23.9 Å². The Labute approximate surface area is 178 Å². The lowest BCUT2D eigenvalue weighted by Crippen LogP contribution is -2.29. The van der Waals surface area contributed by atoms with E-state index >= 15 is 0 Å². The molecule has 0 saturated carbocycles. The lowest BCUT2D eigenvalue weighted by molar-refractivity contribution is -0.127. The highest BCUT2D eigenvalue weighted by Crippen LogP contribution is 2.30. The number of carbonyl (C=O) groups excluding carboxylic acids is 1. The predicted molar refractivity (Wildman–Crippen MR) is 117 cm³/mol. The third-order valence-electron chi connectivity index (χ3n) is 5.35. The molecule has 3 heterocycles. The van der Waals surface area contributed by atoms with Gasteiger partial charge in [0.25, 0.3) is 0 Å². The van der Waals surface area contributed by atoms with Crippen LogP contribution in [0.1, 0.15) is 12.8 Å². The van der Waals surface area contributed by atoms with Gasteiger partial charge < -0.3 is 9.64 Å². The molecular formula is C22H21N5O2S. The molecule has 4 aromatic rings. The lowest BCUT2D eigenvalue weighted by atomic mass is 10.1. The van der Waals surface area contributed by atoms with Gasteiger partial charge >= 0.3 is 0 Å². The molecule has 2 aromatic carbocycles. The maximum Gasteiger partial charge on any atom is 0.233 e. The summed E-state index contributed by atoms with van der Waals surface area (Å²) in [7, 11) is 1.65. The van der Waals surface area contributed by atoms with E-state index in [-0.39, 0.29) is 5.91 Å². The largest absolute Gasteiger partial charge is 0.497 e. The van der Waals surface area contributed by atoms with Crippen LogP contribution in [0.4, 0.5) is 0 Å². The molecule has 7 nitrogen and oxygen atoms in total. The minimum atomic E-state index is 0.147. The van der Waals surface area contributed by atoms with Gasteiger partial charge in [0.05, 0.1) is 18.4 Å². The third-order valence-corrected chi connectivity index (χ3v) is 6.26. The van der Waals surface area contributed by atoms with Crippen molar-refractivity contribution < 1.29 is 9.53 Å². The van der Waals surface area contributed by atoms with Crippen LogP contribution in [0.15, 0.2) is 53.7 Å². The lowest BCUT2D eigenvalue weighted by Gasteiger charge is -2.14. The Hall–Kier alpha value is -3.13. The first kappa shape index (κ1) is 18.9. The van der Waals surface area contributed by atoms with Crippen LogP contribution in [-0.4, -0.2) is 56.3 Å². The Bertz CT molecular complexity index is 1220. The van der Waals surface area contributed by atoms with Crippen molar-refractivity contribution in [2.75, 3.05) is 26.0 Å². The second-order valence-electron chi connectivity index (χ2n) is 7.20. The van der Waals surface area contributed by atoms with E-state index in [0.717, 1.165) is 59.6 Å². The van der Waals surface area contributed by atoms with Gasteiger partial charge in [-0.3, -0.25) is 9.20 Å². The molecule has 8 heteroatoms. The topological polar surface area (TPSA) is 72.6 Å². The summed E-state index contributed by atoms with van der Waals surface area (Å²) in [6.07, 6.45) is 2.17. The minimum absolute atomic E-state index is 0.147. The standard InChI is InChI=1S/C22H21N5O2S/c1-29-16-10-8-15(9-11-16)20-23-18-7-3-2-6-17(18)21-24-25-22(27(20)21)30-14-19(28)26-12-4-5-13-26/h2-3,6-11H,4-5,12-14H2,1H3. The minimum Gasteiger partial charge on any atom is -0.497 e. The van der Waals surface area contributed by atoms with Crippen LogP contribution >= 0.6 is 11.8 Å². The Balaban J connectivity index is 1.59. The van der Waals surface area contributed by atoms with Crippen LogP contribution in [-0.2, 0) is 4.79 Å².